The molecule has 0 aliphatic rings. The molecule has 0 bridgehead atoms. The van der Waals surface area contributed by atoms with Gasteiger partial charge in [-0.1, -0.05) is 18.2 Å². The Balaban J connectivity index is 2.34. The molecule has 0 saturated heterocycles. The van der Waals surface area contributed by atoms with Crippen molar-refractivity contribution in [3.8, 4) is 18.1 Å². The lowest BCUT2D eigenvalue weighted by atomic mass is 10.2. The zero-order valence-corrected chi connectivity index (χ0v) is 9.55. The number of esters is 1. The van der Waals surface area contributed by atoms with Crippen LogP contribution in [-0.2, 0) is 9.53 Å². The van der Waals surface area contributed by atoms with Crippen LogP contribution in [0.4, 0.5) is 0 Å². The zero-order valence-electron chi connectivity index (χ0n) is 9.55. The smallest absolute Gasteiger partial charge is 0.384 e. The highest BCUT2D eigenvalue weighted by atomic mass is 16.5. The van der Waals surface area contributed by atoms with Gasteiger partial charge in [-0.25, -0.2) is 4.79 Å². The predicted molar refractivity (Wildman–Crippen MR) is 62.5 cm³/mol. The van der Waals surface area contributed by atoms with Crippen molar-refractivity contribution in [2.45, 2.75) is 13.0 Å². The van der Waals surface area contributed by atoms with E-state index in [1.54, 1.807) is 12.0 Å². The van der Waals surface area contributed by atoms with Crippen LogP contribution in [0, 0.1) is 19.3 Å². The van der Waals surface area contributed by atoms with Crippen molar-refractivity contribution in [3.05, 3.63) is 29.8 Å². The summed E-state index contributed by atoms with van der Waals surface area (Å²) in [7, 11) is 0. The van der Waals surface area contributed by atoms with E-state index in [9.17, 15) is 9.90 Å². The van der Waals surface area contributed by atoms with Crippen molar-refractivity contribution in [2.75, 3.05) is 13.2 Å². The largest absolute Gasteiger partial charge is 0.490 e. The molecule has 1 atom stereocenters. The van der Waals surface area contributed by atoms with Crippen LogP contribution in [-0.4, -0.2) is 30.4 Å². The molecule has 1 rings (SSSR count). The Morgan fingerprint density at radius 1 is 1.47 bits per heavy atom. The van der Waals surface area contributed by atoms with Gasteiger partial charge in [0, 0.05) is 5.92 Å². The van der Waals surface area contributed by atoms with Crippen LogP contribution in [0.25, 0.3) is 0 Å². The van der Waals surface area contributed by atoms with E-state index in [4.69, 9.17) is 11.2 Å². The van der Waals surface area contributed by atoms with E-state index < -0.39 is 12.1 Å². The fraction of sp³-hybridized carbons (Fsp3) is 0.308. The van der Waals surface area contributed by atoms with Gasteiger partial charge in [0.2, 0.25) is 0 Å². The average Bonchev–Trinajstić information content (AvgIpc) is 2.35. The van der Waals surface area contributed by atoms with Gasteiger partial charge < -0.3 is 14.6 Å². The fourth-order valence-electron chi connectivity index (χ4n) is 1.17. The minimum absolute atomic E-state index is 0.0443. The highest BCUT2D eigenvalue weighted by Crippen LogP contribution is 2.16. The molecule has 1 N–H and O–H groups in total. The summed E-state index contributed by atoms with van der Waals surface area (Å²) >= 11 is 0. The lowest BCUT2D eigenvalue weighted by molar-refractivity contribution is -0.140. The first-order valence-electron chi connectivity index (χ1n) is 5.13. The molecule has 0 radical (unpaired) electrons. The summed E-state index contributed by atoms with van der Waals surface area (Å²) in [6.07, 6.45) is 3.91. The molecule has 0 amide bonds. The lowest BCUT2D eigenvalue weighted by Gasteiger charge is -2.13. The number of rotatable bonds is 5. The molecule has 0 spiro atoms. The summed E-state index contributed by atoms with van der Waals surface area (Å²) < 4.78 is 9.94. The number of hydrogen-bond acceptors (Lipinski definition) is 4. The number of aliphatic hydroxyl groups is 1. The minimum Gasteiger partial charge on any atom is -0.490 e. The number of carbonyl (C=O) groups is 1. The van der Waals surface area contributed by atoms with Crippen LogP contribution in [0.15, 0.2) is 24.3 Å². The Hall–Kier alpha value is -1.99. The molecule has 0 aliphatic carbocycles. The van der Waals surface area contributed by atoms with Crippen molar-refractivity contribution < 1.29 is 19.4 Å². The number of benzene rings is 1. The van der Waals surface area contributed by atoms with Gasteiger partial charge in [-0.05, 0) is 18.6 Å². The number of ether oxygens (including phenoxy) is 2. The Morgan fingerprint density at radius 2 is 2.18 bits per heavy atom. The molecule has 4 nitrogen and oxygen atoms in total. The van der Waals surface area contributed by atoms with Gasteiger partial charge in [-0.2, -0.15) is 0 Å². The van der Waals surface area contributed by atoms with Crippen molar-refractivity contribution in [2.24, 2.45) is 0 Å². The topological polar surface area (TPSA) is 55.8 Å². The number of para-hydroxylation sites is 1. The number of aliphatic hydroxyl groups excluding tert-OH is 1. The van der Waals surface area contributed by atoms with E-state index in [0.29, 0.717) is 5.75 Å². The molecule has 17 heavy (non-hydrogen) atoms. The molecule has 90 valence electrons. The molecular weight excluding hydrogens is 220 g/mol. The van der Waals surface area contributed by atoms with E-state index in [1.807, 2.05) is 25.1 Å². The minimum atomic E-state index is -0.896. The number of terminal acetylenes is 1. The molecule has 1 aromatic carbocycles. The second-order valence-corrected chi connectivity index (χ2v) is 3.47. The Labute approximate surface area is 100 Å². The average molecular weight is 234 g/mol. The molecule has 1 aromatic rings. The molecule has 4 heteroatoms. The summed E-state index contributed by atoms with van der Waals surface area (Å²) in [5, 5.41) is 9.47. The first-order valence-corrected chi connectivity index (χ1v) is 5.13. The molecule has 0 fully saturated rings. The van der Waals surface area contributed by atoms with Crippen LogP contribution in [0.1, 0.15) is 5.56 Å². The molecule has 0 heterocycles. The highest BCUT2D eigenvalue weighted by Gasteiger charge is 2.08. The maximum atomic E-state index is 10.6. The Bertz CT molecular complexity index is 420. The lowest BCUT2D eigenvalue weighted by Crippen LogP contribution is -2.25. The van der Waals surface area contributed by atoms with E-state index in [-0.39, 0.29) is 13.2 Å². The van der Waals surface area contributed by atoms with Gasteiger partial charge >= 0.3 is 5.97 Å². The monoisotopic (exact) mass is 234 g/mol. The molecule has 0 aromatic heterocycles. The van der Waals surface area contributed by atoms with Crippen molar-refractivity contribution in [1.82, 2.24) is 0 Å². The second kappa shape index (κ2) is 6.56. The van der Waals surface area contributed by atoms with Crippen LogP contribution < -0.4 is 4.74 Å². The van der Waals surface area contributed by atoms with Gasteiger partial charge in [0.1, 0.15) is 25.1 Å². The maximum absolute atomic E-state index is 10.6. The number of aryl methyl sites for hydroxylation is 1. The highest BCUT2D eigenvalue weighted by molar-refractivity contribution is 5.87. The second-order valence-electron chi connectivity index (χ2n) is 3.47. The van der Waals surface area contributed by atoms with E-state index in [1.165, 1.54) is 0 Å². The normalized spacial score (nSPS) is 11.4. The first-order chi connectivity index (χ1) is 8.13. The quantitative estimate of drug-likeness (QED) is 0.467. The van der Waals surface area contributed by atoms with Crippen molar-refractivity contribution >= 4 is 5.97 Å². The number of carbonyl (C=O) groups excluding carboxylic acids is 1. The number of hydrogen-bond donors (Lipinski definition) is 1. The van der Waals surface area contributed by atoms with Crippen LogP contribution in [0.3, 0.4) is 0 Å². The molecule has 0 saturated carbocycles. The molecule has 1 unspecified atom stereocenters. The van der Waals surface area contributed by atoms with Crippen LogP contribution in [0.2, 0.25) is 0 Å². The van der Waals surface area contributed by atoms with E-state index in [2.05, 4.69) is 4.74 Å². The van der Waals surface area contributed by atoms with Crippen LogP contribution >= 0.6 is 0 Å². The van der Waals surface area contributed by atoms with Crippen molar-refractivity contribution in [1.29, 1.82) is 0 Å². The fourth-order valence-corrected chi connectivity index (χ4v) is 1.17. The summed E-state index contributed by atoms with van der Waals surface area (Å²) in [5.41, 5.74) is 0.973. The first kappa shape index (κ1) is 13.1. The van der Waals surface area contributed by atoms with E-state index in [0.717, 1.165) is 5.56 Å². The third kappa shape index (κ3) is 4.58. The maximum Gasteiger partial charge on any atom is 0.384 e. The third-order valence-electron chi connectivity index (χ3n) is 2.05. The molecule has 0 aliphatic heterocycles. The van der Waals surface area contributed by atoms with Gasteiger partial charge in [-0.3, -0.25) is 0 Å². The summed E-state index contributed by atoms with van der Waals surface area (Å²) in [6.45, 7) is 1.78. The van der Waals surface area contributed by atoms with Crippen molar-refractivity contribution in [3.63, 3.8) is 0 Å². The predicted octanol–water partition coefficient (Wildman–Crippen LogP) is 0.911. The summed E-state index contributed by atoms with van der Waals surface area (Å²) in [5.74, 6) is 1.69. The van der Waals surface area contributed by atoms with Gasteiger partial charge in [-0.15, -0.1) is 6.42 Å². The third-order valence-corrected chi connectivity index (χ3v) is 2.05. The summed E-state index contributed by atoms with van der Waals surface area (Å²) in [6, 6.07) is 7.44. The van der Waals surface area contributed by atoms with E-state index >= 15 is 0 Å². The molecular formula is C13H14O4. The van der Waals surface area contributed by atoms with Gasteiger partial charge in [0.25, 0.3) is 0 Å². The van der Waals surface area contributed by atoms with Crippen LogP contribution in [0.5, 0.6) is 5.75 Å². The Kier molecular flexibility index (Phi) is 5.05. The van der Waals surface area contributed by atoms with Gasteiger partial charge in [0.15, 0.2) is 0 Å². The Morgan fingerprint density at radius 3 is 2.82 bits per heavy atom. The summed E-state index contributed by atoms with van der Waals surface area (Å²) in [4.78, 5) is 10.6. The standard InChI is InChI=1S/C13H14O4/c1-3-13(15)17-9-11(14)8-16-12-7-5-4-6-10(12)2/h1,4-7,11,14H,8-9H2,2H3. The zero-order chi connectivity index (χ0) is 12.7. The SMILES string of the molecule is C#CC(=O)OCC(O)COc1ccccc1C. The van der Waals surface area contributed by atoms with Gasteiger partial charge in [0.05, 0.1) is 0 Å².